The molecule has 3 N–H and O–H groups in total. The van der Waals surface area contributed by atoms with Gasteiger partial charge in [0.25, 0.3) is 11.5 Å². The molecule has 22 heavy (non-hydrogen) atoms. The lowest BCUT2D eigenvalue weighted by Crippen LogP contribution is -2.42. The van der Waals surface area contributed by atoms with Crippen LogP contribution in [0, 0.1) is 5.92 Å². The van der Waals surface area contributed by atoms with Crippen molar-refractivity contribution >= 4 is 24.0 Å². The zero-order valence-corrected chi connectivity index (χ0v) is 12.9. The number of nitrogens with two attached hydrogens (primary N) is 1. The molecule has 0 radical (unpaired) electrons. The average molecular weight is 323 g/mol. The first-order valence-corrected chi connectivity index (χ1v) is 7.18. The molecule has 1 saturated carbocycles. The number of pyridine rings is 1. The van der Waals surface area contributed by atoms with E-state index in [4.69, 9.17) is 5.73 Å². The van der Waals surface area contributed by atoms with Gasteiger partial charge in [-0.2, -0.15) is 0 Å². The third-order valence-corrected chi connectivity index (χ3v) is 4.14. The van der Waals surface area contributed by atoms with Crippen LogP contribution in [0.4, 0.5) is 0 Å². The molecule has 2 aromatic heterocycles. The van der Waals surface area contributed by atoms with Crippen molar-refractivity contribution < 1.29 is 4.79 Å². The van der Waals surface area contributed by atoms with Crippen molar-refractivity contribution in [3.05, 3.63) is 46.5 Å². The fraction of sp³-hybridized carbons (Fsp3) is 0.400. The number of carbonyl (C=O) groups excluding carboxylic acids is 1. The third kappa shape index (κ3) is 2.98. The summed E-state index contributed by atoms with van der Waals surface area (Å²) in [6.45, 7) is 0.555. The molecule has 0 aromatic carbocycles. The predicted molar refractivity (Wildman–Crippen MR) is 86.4 cm³/mol. The summed E-state index contributed by atoms with van der Waals surface area (Å²) in [7, 11) is 0. The molecule has 2 aromatic rings. The van der Waals surface area contributed by atoms with E-state index in [2.05, 4.69) is 10.3 Å². The van der Waals surface area contributed by atoms with E-state index < -0.39 is 0 Å². The largest absolute Gasteiger partial charge is 0.349 e. The van der Waals surface area contributed by atoms with Gasteiger partial charge in [0.05, 0.1) is 0 Å². The molecule has 1 fully saturated rings. The van der Waals surface area contributed by atoms with Crippen LogP contribution in [0.25, 0.3) is 5.65 Å². The van der Waals surface area contributed by atoms with E-state index in [0.717, 1.165) is 19.3 Å². The Bertz CT molecular complexity index is 731. The van der Waals surface area contributed by atoms with Crippen molar-refractivity contribution in [3.63, 3.8) is 0 Å². The van der Waals surface area contributed by atoms with Crippen LogP contribution in [-0.2, 0) is 0 Å². The lowest BCUT2D eigenvalue weighted by Gasteiger charge is -2.19. The van der Waals surface area contributed by atoms with Crippen molar-refractivity contribution in [1.29, 1.82) is 0 Å². The molecule has 2 atom stereocenters. The Labute approximate surface area is 134 Å². The number of nitrogens with one attached hydrogen (secondary N) is 1. The molecule has 6 nitrogen and oxygen atoms in total. The van der Waals surface area contributed by atoms with Gasteiger partial charge in [-0.15, -0.1) is 12.4 Å². The molecule has 118 valence electrons. The Morgan fingerprint density at radius 2 is 2.23 bits per heavy atom. The Kier molecular flexibility index (Phi) is 5.15. The van der Waals surface area contributed by atoms with E-state index in [9.17, 15) is 9.59 Å². The monoisotopic (exact) mass is 322 g/mol. The number of halogens is 1. The zero-order chi connectivity index (χ0) is 14.8. The molecule has 0 saturated heterocycles. The van der Waals surface area contributed by atoms with E-state index in [1.54, 1.807) is 24.4 Å². The SMILES string of the molecule is Cl.NCC1CCCC1NC(=O)c1cnc2ccccn2c1=O. The summed E-state index contributed by atoms with van der Waals surface area (Å²) in [6, 6.07) is 5.31. The number of amides is 1. The van der Waals surface area contributed by atoms with E-state index in [1.807, 2.05) is 0 Å². The Morgan fingerprint density at radius 3 is 3.00 bits per heavy atom. The minimum Gasteiger partial charge on any atom is -0.349 e. The Balaban J connectivity index is 0.00000176. The van der Waals surface area contributed by atoms with Crippen LogP contribution in [0.2, 0.25) is 0 Å². The van der Waals surface area contributed by atoms with Crippen LogP contribution in [-0.4, -0.2) is 27.9 Å². The van der Waals surface area contributed by atoms with Crippen molar-refractivity contribution in [3.8, 4) is 0 Å². The van der Waals surface area contributed by atoms with Gasteiger partial charge in [-0.1, -0.05) is 12.5 Å². The number of aromatic nitrogens is 2. The van der Waals surface area contributed by atoms with Crippen LogP contribution in [0.5, 0.6) is 0 Å². The molecule has 2 heterocycles. The molecule has 1 aliphatic rings. The van der Waals surface area contributed by atoms with E-state index in [1.165, 1.54) is 10.6 Å². The predicted octanol–water partition coefficient (Wildman–Crippen LogP) is 0.974. The maximum absolute atomic E-state index is 12.3. The quantitative estimate of drug-likeness (QED) is 0.881. The van der Waals surface area contributed by atoms with Crippen molar-refractivity contribution in [2.75, 3.05) is 6.54 Å². The van der Waals surface area contributed by atoms with Gasteiger partial charge in [0.2, 0.25) is 0 Å². The number of hydrogen-bond acceptors (Lipinski definition) is 4. The Morgan fingerprint density at radius 1 is 1.41 bits per heavy atom. The van der Waals surface area contributed by atoms with Gasteiger partial charge in [0.15, 0.2) is 0 Å². The van der Waals surface area contributed by atoms with Gasteiger partial charge in [0, 0.05) is 18.4 Å². The highest BCUT2D eigenvalue weighted by Crippen LogP contribution is 2.24. The highest BCUT2D eigenvalue weighted by Gasteiger charge is 2.28. The standard InChI is InChI=1S/C15H18N4O2.ClH/c16-8-10-4-3-5-12(10)18-14(20)11-9-17-13-6-1-2-7-19(13)15(11)21;/h1-2,6-7,9-10,12H,3-5,8,16H2,(H,18,20);1H. The smallest absolute Gasteiger partial charge is 0.270 e. The topological polar surface area (TPSA) is 89.5 Å². The number of fused-ring (bicyclic) bond motifs is 1. The maximum Gasteiger partial charge on any atom is 0.270 e. The first kappa shape index (κ1) is 16.5. The van der Waals surface area contributed by atoms with Gasteiger partial charge in [-0.3, -0.25) is 14.0 Å². The van der Waals surface area contributed by atoms with E-state index >= 15 is 0 Å². The van der Waals surface area contributed by atoms with Crippen LogP contribution in [0.15, 0.2) is 35.4 Å². The fourth-order valence-corrected chi connectivity index (χ4v) is 2.94. The zero-order valence-electron chi connectivity index (χ0n) is 12.1. The lowest BCUT2D eigenvalue weighted by molar-refractivity contribution is 0.0926. The van der Waals surface area contributed by atoms with Crippen LogP contribution >= 0.6 is 12.4 Å². The highest BCUT2D eigenvalue weighted by molar-refractivity contribution is 5.94. The molecule has 2 unspecified atom stereocenters. The first-order chi connectivity index (χ1) is 10.2. The normalized spacial score (nSPS) is 20.6. The number of nitrogens with zero attached hydrogens (tertiary/aromatic N) is 2. The second-order valence-electron chi connectivity index (χ2n) is 5.41. The van der Waals surface area contributed by atoms with Gasteiger partial charge < -0.3 is 11.1 Å². The molecule has 0 spiro atoms. The van der Waals surface area contributed by atoms with Crippen molar-refractivity contribution in [1.82, 2.24) is 14.7 Å². The first-order valence-electron chi connectivity index (χ1n) is 7.18. The summed E-state index contributed by atoms with van der Waals surface area (Å²) in [5.74, 6) is -0.0683. The number of hydrogen-bond donors (Lipinski definition) is 2. The Hall–Kier alpha value is -1.92. The van der Waals surface area contributed by atoms with Crippen LogP contribution < -0.4 is 16.6 Å². The van der Waals surface area contributed by atoms with E-state index in [0.29, 0.717) is 18.1 Å². The fourth-order valence-electron chi connectivity index (χ4n) is 2.94. The summed E-state index contributed by atoms with van der Waals surface area (Å²) >= 11 is 0. The molecule has 3 rings (SSSR count). The van der Waals surface area contributed by atoms with E-state index in [-0.39, 0.29) is 35.5 Å². The minimum atomic E-state index is -0.365. The minimum absolute atomic E-state index is 0. The van der Waals surface area contributed by atoms with Crippen LogP contribution in [0.3, 0.4) is 0 Å². The summed E-state index contributed by atoms with van der Waals surface area (Å²) in [5.41, 5.74) is 5.96. The molecule has 0 aliphatic heterocycles. The summed E-state index contributed by atoms with van der Waals surface area (Å²) in [5, 5.41) is 2.93. The van der Waals surface area contributed by atoms with Crippen molar-refractivity contribution in [2.24, 2.45) is 11.7 Å². The van der Waals surface area contributed by atoms with Gasteiger partial charge in [0.1, 0.15) is 11.2 Å². The second kappa shape index (κ2) is 6.89. The molecule has 0 bridgehead atoms. The summed E-state index contributed by atoms with van der Waals surface area (Å²) < 4.78 is 1.38. The molecule has 1 amide bonds. The summed E-state index contributed by atoms with van der Waals surface area (Å²) in [4.78, 5) is 28.8. The number of carbonyl (C=O) groups is 1. The molecular formula is C15H19ClN4O2. The lowest BCUT2D eigenvalue weighted by atomic mass is 10.0. The third-order valence-electron chi connectivity index (χ3n) is 4.14. The molecule has 7 heteroatoms. The molecule has 1 aliphatic carbocycles. The maximum atomic E-state index is 12.3. The average Bonchev–Trinajstić information content (AvgIpc) is 2.95. The highest BCUT2D eigenvalue weighted by atomic mass is 35.5. The van der Waals surface area contributed by atoms with Crippen molar-refractivity contribution in [2.45, 2.75) is 25.3 Å². The number of rotatable bonds is 3. The van der Waals surface area contributed by atoms with Gasteiger partial charge in [-0.25, -0.2) is 4.98 Å². The van der Waals surface area contributed by atoms with Gasteiger partial charge >= 0.3 is 0 Å². The summed E-state index contributed by atoms with van der Waals surface area (Å²) in [6.07, 6.45) is 5.95. The second-order valence-corrected chi connectivity index (χ2v) is 5.41. The molecular weight excluding hydrogens is 304 g/mol. The van der Waals surface area contributed by atoms with Gasteiger partial charge in [-0.05, 0) is 37.4 Å². The van der Waals surface area contributed by atoms with Crippen LogP contribution in [0.1, 0.15) is 29.6 Å².